The molecule has 1 atom stereocenters. The van der Waals surface area contributed by atoms with Gasteiger partial charge in [-0.15, -0.1) is 0 Å². The highest BCUT2D eigenvalue weighted by atomic mass is 15.1. The van der Waals surface area contributed by atoms with E-state index < -0.39 is 0 Å². The zero-order chi connectivity index (χ0) is 9.56. The van der Waals surface area contributed by atoms with Gasteiger partial charge in [-0.25, -0.2) is 0 Å². The van der Waals surface area contributed by atoms with Crippen molar-refractivity contribution in [1.29, 1.82) is 0 Å². The Balaban J connectivity index is 3.20. The summed E-state index contributed by atoms with van der Waals surface area (Å²) in [7, 11) is 4.32. The third-order valence-corrected chi connectivity index (χ3v) is 2.53. The van der Waals surface area contributed by atoms with Crippen molar-refractivity contribution in [2.45, 2.75) is 52.5 Å². The number of nitrogens with zero attached hydrogens (tertiary/aromatic N) is 1. The molecule has 1 nitrogen and oxygen atoms in total. The summed E-state index contributed by atoms with van der Waals surface area (Å²) in [6.07, 6.45) is 5.52. The summed E-state index contributed by atoms with van der Waals surface area (Å²) in [5, 5.41) is 0. The molecule has 12 heavy (non-hydrogen) atoms. The van der Waals surface area contributed by atoms with Gasteiger partial charge < -0.3 is 4.90 Å². The molecule has 0 amide bonds. The topological polar surface area (TPSA) is 3.24 Å². The molecule has 0 saturated heterocycles. The smallest absolute Gasteiger partial charge is 0.00608 e. The molecule has 0 aliphatic rings. The molecule has 0 N–H and O–H groups in total. The van der Waals surface area contributed by atoms with Crippen molar-refractivity contribution in [3.8, 4) is 0 Å². The zero-order valence-electron chi connectivity index (χ0n) is 9.43. The molecule has 0 heterocycles. The quantitative estimate of drug-likeness (QED) is 0.555. The normalized spacial score (nSPS) is 14.2. The summed E-state index contributed by atoms with van der Waals surface area (Å²) >= 11 is 0. The Kier molecular flexibility index (Phi) is 6.45. The molecule has 0 aliphatic carbocycles. The minimum Gasteiger partial charge on any atom is -0.307 e. The number of hydrogen-bond acceptors (Lipinski definition) is 1. The molecule has 0 aliphatic heterocycles. The van der Waals surface area contributed by atoms with Gasteiger partial charge in [0, 0.05) is 6.04 Å². The van der Waals surface area contributed by atoms with Gasteiger partial charge in [-0.1, -0.05) is 33.1 Å². The van der Waals surface area contributed by atoms with Crippen molar-refractivity contribution in [2.75, 3.05) is 14.1 Å². The monoisotopic (exact) mass is 171 g/mol. The van der Waals surface area contributed by atoms with Crippen LogP contribution in [0.3, 0.4) is 0 Å². The first-order chi connectivity index (χ1) is 5.54. The van der Waals surface area contributed by atoms with E-state index in [9.17, 15) is 0 Å². The molecule has 0 fully saturated rings. The van der Waals surface area contributed by atoms with E-state index in [1.807, 2.05) is 0 Å². The molecule has 0 rings (SSSR count). The fourth-order valence-corrected chi connectivity index (χ4v) is 1.25. The van der Waals surface area contributed by atoms with Crippen LogP contribution in [0.5, 0.6) is 0 Å². The van der Waals surface area contributed by atoms with Gasteiger partial charge in [-0.05, 0) is 33.4 Å². The fourth-order valence-electron chi connectivity index (χ4n) is 1.25. The van der Waals surface area contributed by atoms with Gasteiger partial charge in [0.05, 0.1) is 0 Å². The van der Waals surface area contributed by atoms with Crippen molar-refractivity contribution in [1.82, 2.24) is 4.90 Å². The van der Waals surface area contributed by atoms with E-state index in [2.05, 4.69) is 39.8 Å². The fraction of sp³-hybridized carbons (Fsp3) is 1.00. The molecule has 0 spiro atoms. The second kappa shape index (κ2) is 6.47. The van der Waals surface area contributed by atoms with Crippen LogP contribution < -0.4 is 0 Å². The van der Waals surface area contributed by atoms with Crippen molar-refractivity contribution in [3.63, 3.8) is 0 Å². The molecule has 1 heteroatoms. The molecular weight excluding hydrogens is 146 g/mol. The molecule has 0 aromatic carbocycles. The average molecular weight is 171 g/mol. The summed E-state index contributed by atoms with van der Waals surface area (Å²) < 4.78 is 0. The minimum absolute atomic E-state index is 0.747. The van der Waals surface area contributed by atoms with Crippen LogP contribution in [0.15, 0.2) is 0 Å². The standard InChI is InChI=1S/C11H25N/c1-10(2)8-6-7-9-11(3)12(4)5/h10-11H,6-9H2,1-5H3. The molecule has 1 unspecified atom stereocenters. The maximum atomic E-state index is 2.30. The first-order valence-corrected chi connectivity index (χ1v) is 5.20. The first kappa shape index (κ1) is 12.0. The maximum Gasteiger partial charge on any atom is 0.00608 e. The highest BCUT2D eigenvalue weighted by molar-refractivity contribution is 4.59. The van der Waals surface area contributed by atoms with Gasteiger partial charge in [0.25, 0.3) is 0 Å². The van der Waals surface area contributed by atoms with Crippen LogP contribution in [0.25, 0.3) is 0 Å². The van der Waals surface area contributed by atoms with Crippen LogP contribution in [0.1, 0.15) is 46.5 Å². The first-order valence-electron chi connectivity index (χ1n) is 5.20. The summed E-state index contributed by atoms with van der Waals surface area (Å²) in [5.41, 5.74) is 0. The third kappa shape index (κ3) is 6.66. The second-order valence-corrected chi connectivity index (χ2v) is 4.49. The van der Waals surface area contributed by atoms with Crippen molar-refractivity contribution in [3.05, 3.63) is 0 Å². The Hall–Kier alpha value is -0.0400. The largest absolute Gasteiger partial charge is 0.307 e. The van der Waals surface area contributed by atoms with Crippen LogP contribution >= 0.6 is 0 Å². The van der Waals surface area contributed by atoms with Gasteiger partial charge in [-0.2, -0.15) is 0 Å². The van der Waals surface area contributed by atoms with E-state index in [1.54, 1.807) is 0 Å². The number of unbranched alkanes of at least 4 members (excludes halogenated alkanes) is 1. The van der Waals surface area contributed by atoms with Crippen molar-refractivity contribution >= 4 is 0 Å². The molecule has 74 valence electrons. The second-order valence-electron chi connectivity index (χ2n) is 4.49. The average Bonchev–Trinajstić information content (AvgIpc) is 1.97. The Bertz CT molecular complexity index is 97.2. The Morgan fingerprint density at radius 1 is 0.917 bits per heavy atom. The van der Waals surface area contributed by atoms with E-state index in [-0.39, 0.29) is 0 Å². The Morgan fingerprint density at radius 3 is 1.83 bits per heavy atom. The summed E-state index contributed by atoms with van der Waals surface area (Å²) in [5.74, 6) is 0.875. The molecular formula is C11H25N. The van der Waals surface area contributed by atoms with E-state index in [4.69, 9.17) is 0 Å². The van der Waals surface area contributed by atoms with Crippen molar-refractivity contribution < 1.29 is 0 Å². The van der Waals surface area contributed by atoms with Gasteiger partial charge in [-0.3, -0.25) is 0 Å². The lowest BCUT2D eigenvalue weighted by Crippen LogP contribution is -2.24. The van der Waals surface area contributed by atoms with Gasteiger partial charge in [0.15, 0.2) is 0 Å². The predicted molar refractivity (Wildman–Crippen MR) is 56.5 cm³/mol. The van der Waals surface area contributed by atoms with E-state index in [0.29, 0.717) is 0 Å². The zero-order valence-corrected chi connectivity index (χ0v) is 9.43. The third-order valence-electron chi connectivity index (χ3n) is 2.53. The lowest BCUT2D eigenvalue weighted by Gasteiger charge is -2.19. The lowest BCUT2D eigenvalue weighted by molar-refractivity contribution is 0.290. The van der Waals surface area contributed by atoms with E-state index in [0.717, 1.165) is 12.0 Å². The van der Waals surface area contributed by atoms with Crippen LogP contribution in [-0.4, -0.2) is 25.0 Å². The molecule has 0 bridgehead atoms. The highest BCUT2D eigenvalue weighted by Crippen LogP contribution is 2.10. The molecule has 0 aromatic rings. The van der Waals surface area contributed by atoms with Gasteiger partial charge in [0.2, 0.25) is 0 Å². The SMILES string of the molecule is CC(C)CCCCC(C)N(C)C. The maximum absolute atomic E-state index is 2.30. The van der Waals surface area contributed by atoms with Gasteiger partial charge in [0.1, 0.15) is 0 Å². The van der Waals surface area contributed by atoms with E-state index in [1.165, 1.54) is 25.7 Å². The summed E-state index contributed by atoms with van der Waals surface area (Å²) in [6.45, 7) is 6.90. The number of rotatable bonds is 6. The lowest BCUT2D eigenvalue weighted by atomic mass is 10.0. The summed E-state index contributed by atoms with van der Waals surface area (Å²) in [4.78, 5) is 2.30. The highest BCUT2D eigenvalue weighted by Gasteiger charge is 2.03. The summed E-state index contributed by atoms with van der Waals surface area (Å²) in [6, 6.07) is 0.747. The van der Waals surface area contributed by atoms with Crippen LogP contribution in [-0.2, 0) is 0 Å². The van der Waals surface area contributed by atoms with Gasteiger partial charge >= 0.3 is 0 Å². The Morgan fingerprint density at radius 2 is 1.42 bits per heavy atom. The number of hydrogen-bond donors (Lipinski definition) is 0. The molecule has 0 radical (unpaired) electrons. The minimum atomic E-state index is 0.747. The van der Waals surface area contributed by atoms with Crippen molar-refractivity contribution in [2.24, 2.45) is 5.92 Å². The molecule has 0 aromatic heterocycles. The molecule has 0 saturated carbocycles. The Labute approximate surface area is 78.1 Å². The predicted octanol–water partition coefficient (Wildman–Crippen LogP) is 3.15. The van der Waals surface area contributed by atoms with Crippen LogP contribution in [0.4, 0.5) is 0 Å². The van der Waals surface area contributed by atoms with Crippen LogP contribution in [0, 0.1) is 5.92 Å². The van der Waals surface area contributed by atoms with E-state index >= 15 is 0 Å². The van der Waals surface area contributed by atoms with Crippen LogP contribution in [0.2, 0.25) is 0 Å².